The van der Waals surface area contributed by atoms with Crippen LogP contribution in [0.2, 0.25) is 0 Å². The standard InChI is InChI=1S/C22H20N6O2/c1-15-16(2)27(13-17-7-4-3-5-8-17)22-20(15)21(23-14-24-22)26-25-12-18-9-6-10-19(11-18)28(29)30/h3-12,14H,13H2,1-2H3,(H,23,24,26). The van der Waals surface area contributed by atoms with Crippen LogP contribution in [0, 0.1) is 24.0 Å². The van der Waals surface area contributed by atoms with Crippen LogP contribution >= 0.6 is 0 Å². The van der Waals surface area contributed by atoms with Gasteiger partial charge in [0, 0.05) is 29.9 Å². The molecule has 8 nitrogen and oxygen atoms in total. The van der Waals surface area contributed by atoms with E-state index in [1.165, 1.54) is 30.2 Å². The van der Waals surface area contributed by atoms with E-state index < -0.39 is 4.92 Å². The highest BCUT2D eigenvalue weighted by Gasteiger charge is 2.16. The summed E-state index contributed by atoms with van der Waals surface area (Å²) in [5.41, 5.74) is 7.82. The van der Waals surface area contributed by atoms with Crippen LogP contribution in [0.25, 0.3) is 11.0 Å². The third-order valence-electron chi connectivity index (χ3n) is 5.05. The summed E-state index contributed by atoms with van der Waals surface area (Å²) in [6.07, 6.45) is 3.04. The normalized spacial score (nSPS) is 11.3. The lowest BCUT2D eigenvalue weighted by Crippen LogP contribution is -2.03. The smallest absolute Gasteiger partial charge is 0.270 e. The van der Waals surface area contributed by atoms with Crippen molar-refractivity contribution in [1.29, 1.82) is 0 Å². The van der Waals surface area contributed by atoms with Crippen molar-refractivity contribution in [3.05, 3.63) is 93.4 Å². The first kappa shape index (κ1) is 19.3. The molecule has 0 unspecified atom stereocenters. The molecule has 4 aromatic rings. The quantitative estimate of drug-likeness (QED) is 0.293. The molecule has 150 valence electrons. The zero-order valence-corrected chi connectivity index (χ0v) is 16.6. The van der Waals surface area contributed by atoms with Crippen LogP contribution in [0.4, 0.5) is 11.5 Å². The first-order chi connectivity index (χ1) is 14.5. The molecule has 0 aliphatic heterocycles. The minimum Gasteiger partial charge on any atom is -0.325 e. The Kier molecular flexibility index (Phi) is 5.21. The molecule has 0 radical (unpaired) electrons. The maximum atomic E-state index is 10.9. The number of aryl methyl sites for hydroxylation is 1. The van der Waals surface area contributed by atoms with Crippen molar-refractivity contribution in [2.45, 2.75) is 20.4 Å². The van der Waals surface area contributed by atoms with Crippen LogP contribution in [0.3, 0.4) is 0 Å². The molecular formula is C22H20N6O2. The number of nitro benzene ring substituents is 1. The summed E-state index contributed by atoms with van der Waals surface area (Å²) in [6, 6.07) is 16.5. The van der Waals surface area contributed by atoms with E-state index in [0.29, 0.717) is 17.9 Å². The molecule has 2 aromatic heterocycles. The number of hydrogen-bond acceptors (Lipinski definition) is 6. The van der Waals surface area contributed by atoms with Gasteiger partial charge in [-0.05, 0) is 25.0 Å². The Labute approximate surface area is 173 Å². The molecule has 1 N–H and O–H groups in total. The van der Waals surface area contributed by atoms with Crippen LogP contribution in [-0.4, -0.2) is 25.7 Å². The van der Waals surface area contributed by atoms with Crippen molar-refractivity contribution < 1.29 is 4.92 Å². The van der Waals surface area contributed by atoms with Crippen molar-refractivity contribution in [3.63, 3.8) is 0 Å². The van der Waals surface area contributed by atoms with Crippen LogP contribution in [0.5, 0.6) is 0 Å². The third kappa shape index (κ3) is 3.75. The minimum absolute atomic E-state index is 0.0211. The largest absolute Gasteiger partial charge is 0.325 e. The molecule has 0 bridgehead atoms. The van der Waals surface area contributed by atoms with E-state index in [4.69, 9.17) is 0 Å². The number of benzene rings is 2. The summed E-state index contributed by atoms with van der Waals surface area (Å²) >= 11 is 0. The molecular weight excluding hydrogens is 380 g/mol. The predicted molar refractivity (Wildman–Crippen MR) is 117 cm³/mol. The Hall–Kier alpha value is -4.07. The minimum atomic E-state index is -0.430. The van der Waals surface area contributed by atoms with E-state index in [2.05, 4.69) is 44.1 Å². The van der Waals surface area contributed by atoms with Gasteiger partial charge in [-0.15, -0.1) is 0 Å². The molecule has 4 rings (SSSR count). The summed E-state index contributed by atoms with van der Waals surface area (Å²) in [5.74, 6) is 0.592. The second kappa shape index (κ2) is 8.12. The second-order valence-electron chi connectivity index (χ2n) is 6.93. The average Bonchev–Trinajstić information content (AvgIpc) is 3.00. The molecule has 0 saturated carbocycles. The van der Waals surface area contributed by atoms with Crippen molar-refractivity contribution in [1.82, 2.24) is 14.5 Å². The van der Waals surface area contributed by atoms with E-state index >= 15 is 0 Å². The van der Waals surface area contributed by atoms with Crippen LogP contribution in [0.1, 0.15) is 22.4 Å². The second-order valence-corrected chi connectivity index (χ2v) is 6.93. The monoisotopic (exact) mass is 400 g/mol. The molecule has 0 spiro atoms. The number of hydrogen-bond donors (Lipinski definition) is 1. The maximum absolute atomic E-state index is 10.9. The molecule has 0 atom stereocenters. The number of fused-ring (bicyclic) bond motifs is 1. The van der Waals surface area contributed by atoms with Gasteiger partial charge in [0.25, 0.3) is 5.69 Å². The number of anilines is 1. The lowest BCUT2D eigenvalue weighted by atomic mass is 10.2. The number of aromatic nitrogens is 3. The highest BCUT2D eigenvalue weighted by atomic mass is 16.6. The fourth-order valence-electron chi connectivity index (χ4n) is 3.40. The van der Waals surface area contributed by atoms with Gasteiger partial charge in [-0.1, -0.05) is 42.5 Å². The van der Waals surface area contributed by atoms with Gasteiger partial charge >= 0.3 is 0 Å². The van der Waals surface area contributed by atoms with Gasteiger partial charge in [-0.2, -0.15) is 5.10 Å². The van der Waals surface area contributed by atoms with Crippen molar-refractivity contribution in [3.8, 4) is 0 Å². The van der Waals surface area contributed by atoms with E-state index in [-0.39, 0.29) is 5.69 Å². The molecule has 0 saturated heterocycles. The van der Waals surface area contributed by atoms with Crippen LogP contribution in [-0.2, 0) is 6.54 Å². The highest BCUT2D eigenvalue weighted by Crippen LogP contribution is 2.29. The van der Waals surface area contributed by atoms with Gasteiger partial charge in [0.15, 0.2) is 5.82 Å². The Morgan fingerprint density at radius 3 is 2.70 bits per heavy atom. The Balaban J connectivity index is 1.65. The number of non-ortho nitro benzene ring substituents is 1. The summed E-state index contributed by atoms with van der Waals surface area (Å²) in [5, 5.41) is 16.1. The molecule has 0 aliphatic rings. The zero-order chi connectivity index (χ0) is 21.1. The predicted octanol–water partition coefficient (Wildman–Crippen LogP) is 4.45. The first-order valence-electron chi connectivity index (χ1n) is 9.42. The number of rotatable bonds is 6. The Bertz CT molecular complexity index is 1250. The number of nitrogens with zero attached hydrogens (tertiary/aromatic N) is 5. The van der Waals surface area contributed by atoms with E-state index in [1.807, 2.05) is 25.1 Å². The molecule has 8 heteroatoms. The zero-order valence-electron chi connectivity index (χ0n) is 16.6. The molecule has 2 aromatic carbocycles. The van der Waals surface area contributed by atoms with Gasteiger partial charge < -0.3 is 4.57 Å². The van der Waals surface area contributed by atoms with Crippen LogP contribution in [0.15, 0.2) is 66.0 Å². The topological polar surface area (TPSA) is 98.2 Å². The van der Waals surface area contributed by atoms with Crippen molar-refractivity contribution in [2.75, 3.05) is 5.43 Å². The molecule has 2 heterocycles. The number of nitrogens with one attached hydrogen (secondary N) is 1. The summed E-state index contributed by atoms with van der Waals surface area (Å²) < 4.78 is 2.16. The number of nitro groups is 1. The van der Waals surface area contributed by atoms with Crippen molar-refractivity contribution >= 4 is 28.8 Å². The van der Waals surface area contributed by atoms with Gasteiger partial charge in [0.05, 0.1) is 16.5 Å². The molecule has 0 aliphatic carbocycles. The first-order valence-corrected chi connectivity index (χ1v) is 9.42. The van der Waals surface area contributed by atoms with E-state index in [0.717, 1.165) is 22.3 Å². The molecule has 30 heavy (non-hydrogen) atoms. The summed E-state index contributed by atoms with van der Waals surface area (Å²) in [6.45, 7) is 4.82. The summed E-state index contributed by atoms with van der Waals surface area (Å²) in [7, 11) is 0. The van der Waals surface area contributed by atoms with Gasteiger partial charge in [-0.25, -0.2) is 9.97 Å². The summed E-state index contributed by atoms with van der Waals surface area (Å²) in [4.78, 5) is 19.3. The van der Waals surface area contributed by atoms with E-state index in [9.17, 15) is 10.1 Å². The highest BCUT2D eigenvalue weighted by molar-refractivity contribution is 5.92. The lowest BCUT2D eigenvalue weighted by Gasteiger charge is -2.08. The van der Waals surface area contributed by atoms with E-state index in [1.54, 1.807) is 12.1 Å². The molecule has 0 amide bonds. The average molecular weight is 400 g/mol. The van der Waals surface area contributed by atoms with Gasteiger partial charge in [0.1, 0.15) is 12.0 Å². The van der Waals surface area contributed by atoms with Gasteiger partial charge in [0.2, 0.25) is 0 Å². The lowest BCUT2D eigenvalue weighted by molar-refractivity contribution is -0.384. The molecule has 0 fully saturated rings. The maximum Gasteiger partial charge on any atom is 0.270 e. The SMILES string of the molecule is Cc1c(C)n(Cc2ccccc2)c2ncnc(NN=Cc3cccc([N+](=O)[O-])c3)c12. The number of hydrazone groups is 1. The Morgan fingerprint density at radius 1 is 1.13 bits per heavy atom. The van der Waals surface area contributed by atoms with Gasteiger partial charge in [-0.3, -0.25) is 15.5 Å². The van der Waals surface area contributed by atoms with Crippen LogP contribution < -0.4 is 5.43 Å². The third-order valence-corrected chi connectivity index (χ3v) is 5.05. The van der Waals surface area contributed by atoms with Crippen molar-refractivity contribution in [2.24, 2.45) is 5.10 Å². The fourth-order valence-corrected chi connectivity index (χ4v) is 3.40. The Morgan fingerprint density at radius 2 is 1.93 bits per heavy atom. The fraction of sp³-hybridized carbons (Fsp3) is 0.136.